The van der Waals surface area contributed by atoms with E-state index in [1.54, 1.807) is 0 Å². The molecule has 0 aliphatic heterocycles. The summed E-state index contributed by atoms with van der Waals surface area (Å²) in [6.07, 6.45) is 3.22. The number of hydrogen-bond acceptors (Lipinski definition) is 2. The Labute approximate surface area is 125 Å². The maximum absolute atomic E-state index is 12.3. The zero-order valence-electron chi connectivity index (χ0n) is 12.7. The third kappa shape index (κ3) is 4.06. The van der Waals surface area contributed by atoms with Crippen molar-refractivity contribution in [3.8, 4) is 0 Å². The van der Waals surface area contributed by atoms with Gasteiger partial charge in [0.2, 0.25) is 5.91 Å². The van der Waals surface area contributed by atoms with Crippen molar-refractivity contribution in [3.05, 3.63) is 35.4 Å². The molecule has 0 bridgehead atoms. The van der Waals surface area contributed by atoms with E-state index in [0.717, 1.165) is 24.8 Å². The average Bonchev–Trinajstić information content (AvgIpc) is 2.38. The van der Waals surface area contributed by atoms with Crippen molar-refractivity contribution in [1.29, 1.82) is 0 Å². The maximum atomic E-state index is 12.3. The molecule has 1 aliphatic rings. The molecule has 4 nitrogen and oxygen atoms in total. The number of carbonyl (C=O) groups is 2. The zero-order valence-corrected chi connectivity index (χ0v) is 12.7. The van der Waals surface area contributed by atoms with E-state index in [0.29, 0.717) is 6.42 Å². The van der Waals surface area contributed by atoms with Crippen LogP contribution >= 0.6 is 0 Å². The van der Waals surface area contributed by atoms with Crippen LogP contribution in [0.25, 0.3) is 0 Å². The highest BCUT2D eigenvalue weighted by molar-refractivity contribution is 5.80. The largest absolute Gasteiger partial charge is 0.481 e. The van der Waals surface area contributed by atoms with Crippen molar-refractivity contribution in [2.75, 3.05) is 0 Å². The van der Waals surface area contributed by atoms with Crippen LogP contribution in [0.3, 0.4) is 0 Å². The van der Waals surface area contributed by atoms with Crippen molar-refractivity contribution in [1.82, 2.24) is 5.32 Å². The Kier molecular flexibility index (Phi) is 4.66. The fourth-order valence-corrected chi connectivity index (χ4v) is 2.79. The highest BCUT2D eigenvalue weighted by Crippen LogP contribution is 2.35. The van der Waals surface area contributed by atoms with Crippen molar-refractivity contribution in [2.24, 2.45) is 5.92 Å². The number of carbonyl (C=O) groups excluding carboxylic acids is 1. The summed E-state index contributed by atoms with van der Waals surface area (Å²) in [6, 6.07) is 8.15. The Bertz CT molecular complexity index is 517. The van der Waals surface area contributed by atoms with Gasteiger partial charge in [0, 0.05) is 5.92 Å². The Morgan fingerprint density at radius 2 is 1.90 bits per heavy atom. The normalized spacial score (nSPS) is 17.6. The van der Waals surface area contributed by atoms with E-state index in [-0.39, 0.29) is 18.2 Å². The van der Waals surface area contributed by atoms with Gasteiger partial charge in [-0.3, -0.25) is 9.59 Å². The number of amides is 1. The van der Waals surface area contributed by atoms with Crippen LogP contribution in [-0.2, 0) is 16.0 Å². The Balaban J connectivity index is 1.92. The SMILES string of the molecule is Cc1ccc(CC(C)C(=O)NC2(CC(=O)O)CCC2)cc1. The first-order valence-corrected chi connectivity index (χ1v) is 7.50. The minimum atomic E-state index is -0.846. The Hall–Kier alpha value is -1.84. The molecule has 1 aliphatic carbocycles. The summed E-state index contributed by atoms with van der Waals surface area (Å²) in [5.41, 5.74) is 1.82. The molecule has 2 rings (SSSR count). The summed E-state index contributed by atoms with van der Waals surface area (Å²) in [5.74, 6) is -1.04. The molecular weight excluding hydrogens is 266 g/mol. The highest BCUT2D eigenvalue weighted by Gasteiger charge is 2.40. The van der Waals surface area contributed by atoms with Gasteiger partial charge >= 0.3 is 5.97 Å². The second kappa shape index (κ2) is 6.29. The predicted octanol–water partition coefficient (Wildman–Crippen LogP) is 2.69. The lowest BCUT2D eigenvalue weighted by atomic mass is 9.74. The third-order valence-electron chi connectivity index (χ3n) is 4.30. The Morgan fingerprint density at radius 1 is 1.29 bits per heavy atom. The first-order valence-electron chi connectivity index (χ1n) is 7.50. The number of benzene rings is 1. The van der Waals surface area contributed by atoms with Gasteiger partial charge in [-0.25, -0.2) is 0 Å². The van der Waals surface area contributed by atoms with E-state index < -0.39 is 11.5 Å². The summed E-state index contributed by atoms with van der Waals surface area (Å²) in [4.78, 5) is 23.2. The molecule has 1 atom stereocenters. The van der Waals surface area contributed by atoms with E-state index in [9.17, 15) is 9.59 Å². The number of carboxylic acids is 1. The van der Waals surface area contributed by atoms with Crippen LogP contribution < -0.4 is 5.32 Å². The van der Waals surface area contributed by atoms with Gasteiger partial charge in [0.1, 0.15) is 0 Å². The molecule has 2 N–H and O–H groups in total. The summed E-state index contributed by atoms with van der Waals surface area (Å²) < 4.78 is 0. The predicted molar refractivity (Wildman–Crippen MR) is 81.0 cm³/mol. The molecular formula is C17H23NO3. The number of aliphatic carboxylic acids is 1. The van der Waals surface area contributed by atoms with Crippen LogP contribution in [0.1, 0.15) is 43.7 Å². The number of aryl methyl sites for hydroxylation is 1. The van der Waals surface area contributed by atoms with E-state index in [2.05, 4.69) is 5.32 Å². The second-order valence-electron chi connectivity index (χ2n) is 6.28. The molecule has 1 saturated carbocycles. The van der Waals surface area contributed by atoms with Crippen LogP contribution in [0.15, 0.2) is 24.3 Å². The van der Waals surface area contributed by atoms with Crippen molar-refractivity contribution in [2.45, 2.75) is 51.5 Å². The minimum Gasteiger partial charge on any atom is -0.481 e. The van der Waals surface area contributed by atoms with Gasteiger partial charge in [-0.05, 0) is 38.2 Å². The molecule has 1 amide bonds. The van der Waals surface area contributed by atoms with Gasteiger partial charge in [0.15, 0.2) is 0 Å². The molecule has 0 aromatic heterocycles. The summed E-state index contributed by atoms with van der Waals surface area (Å²) in [5, 5.41) is 11.9. The summed E-state index contributed by atoms with van der Waals surface area (Å²) in [6.45, 7) is 3.93. The quantitative estimate of drug-likeness (QED) is 0.846. The molecule has 0 radical (unpaired) electrons. The van der Waals surface area contributed by atoms with E-state index in [4.69, 9.17) is 5.11 Å². The molecule has 1 fully saturated rings. The standard InChI is InChI=1S/C17H23NO3/c1-12-4-6-14(7-5-12)10-13(2)16(21)18-17(8-3-9-17)11-15(19)20/h4-7,13H,3,8-11H2,1-2H3,(H,18,21)(H,19,20). The van der Waals surface area contributed by atoms with Gasteiger partial charge < -0.3 is 10.4 Å². The summed E-state index contributed by atoms with van der Waals surface area (Å²) in [7, 11) is 0. The molecule has 4 heteroatoms. The zero-order chi connectivity index (χ0) is 15.5. The van der Waals surface area contributed by atoms with E-state index in [1.165, 1.54) is 5.56 Å². The average molecular weight is 289 g/mol. The Morgan fingerprint density at radius 3 is 2.38 bits per heavy atom. The molecule has 1 unspecified atom stereocenters. The monoisotopic (exact) mass is 289 g/mol. The molecule has 0 saturated heterocycles. The van der Waals surface area contributed by atoms with Crippen LogP contribution in [-0.4, -0.2) is 22.5 Å². The molecule has 21 heavy (non-hydrogen) atoms. The number of hydrogen-bond donors (Lipinski definition) is 2. The van der Waals surface area contributed by atoms with Crippen molar-refractivity contribution >= 4 is 11.9 Å². The van der Waals surface area contributed by atoms with Crippen LogP contribution in [0.4, 0.5) is 0 Å². The lowest BCUT2D eigenvalue weighted by Gasteiger charge is -2.42. The van der Waals surface area contributed by atoms with E-state index in [1.807, 2.05) is 38.1 Å². The molecule has 114 valence electrons. The topological polar surface area (TPSA) is 66.4 Å². The van der Waals surface area contributed by atoms with Gasteiger partial charge in [-0.15, -0.1) is 0 Å². The van der Waals surface area contributed by atoms with Crippen molar-refractivity contribution < 1.29 is 14.7 Å². The van der Waals surface area contributed by atoms with E-state index >= 15 is 0 Å². The van der Waals surface area contributed by atoms with Gasteiger partial charge in [0.05, 0.1) is 12.0 Å². The first-order chi connectivity index (χ1) is 9.90. The maximum Gasteiger partial charge on any atom is 0.305 e. The first kappa shape index (κ1) is 15.5. The van der Waals surface area contributed by atoms with Crippen molar-refractivity contribution in [3.63, 3.8) is 0 Å². The van der Waals surface area contributed by atoms with Crippen LogP contribution in [0.2, 0.25) is 0 Å². The smallest absolute Gasteiger partial charge is 0.305 e. The second-order valence-corrected chi connectivity index (χ2v) is 6.28. The molecule has 1 aromatic rings. The lowest BCUT2D eigenvalue weighted by molar-refractivity contribution is -0.140. The highest BCUT2D eigenvalue weighted by atomic mass is 16.4. The fraction of sp³-hybridized carbons (Fsp3) is 0.529. The minimum absolute atomic E-state index is 0.0238. The van der Waals surface area contributed by atoms with Gasteiger partial charge in [-0.1, -0.05) is 36.8 Å². The molecule has 0 spiro atoms. The number of nitrogens with one attached hydrogen (secondary N) is 1. The van der Waals surface area contributed by atoms with Gasteiger partial charge in [-0.2, -0.15) is 0 Å². The molecule has 0 heterocycles. The lowest BCUT2D eigenvalue weighted by Crippen LogP contribution is -2.56. The number of carboxylic acid groups (broad SMARTS) is 1. The third-order valence-corrected chi connectivity index (χ3v) is 4.30. The van der Waals surface area contributed by atoms with Gasteiger partial charge in [0.25, 0.3) is 0 Å². The van der Waals surface area contributed by atoms with Crippen LogP contribution in [0, 0.1) is 12.8 Å². The summed E-state index contributed by atoms with van der Waals surface area (Å²) >= 11 is 0. The molecule has 1 aromatic carbocycles. The fourth-order valence-electron chi connectivity index (χ4n) is 2.79. The van der Waals surface area contributed by atoms with Crippen LogP contribution in [0.5, 0.6) is 0 Å². The number of rotatable bonds is 6.